The van der Waals surface area contributed by atoms with E-state index < -0.39 is 0 Å². The number of benzene rings is 1. The van der Waals surface area contributed by atoms with Gasteiger partial charge in [-0.05, 0) is 24.1 Å². The van der Waals surface area contributed by atoms with E-state index in [1.54, 1.807) is 24.3 Å². The van der Waals surface area contributed by atoms with Crippen LogP contribution < -0.4 is 4.74 Å². The van der Waals surface area contributed by atoms with E-state index >= 15 is 0 Å². The van der Waals surface area contributed by atoms with Crippen LogP contribution in [0.5, 0.6) is 5.75 Å². The fourth-order valence-electron chi connectivity index (χ4n) is 1.04. The van der Waals surface area contributed by atoms with E-state index in [2.05, 4.69) is 0 Å². The summed E-state index contributed by atoms with van der Waals surface area (Å²) in [6, 6.07) is 6.82. The predicted octanol–water partition coefficient (Wildman–Crippen LogP) is 3.29. The average Bonchev–Trinajstić information content (AvgIpc) is 2.01. The zero-order chi connectivity index (χ0) is 10.6. The molecule has 3 heteroatoms. The molecular formula is C11H13ClO2. The lowest BCUT2D eigenvalue weighted by atomic mass is 10.1. The molecule has 1 aromatic carbocycles. The zero-order valence-electron chi connectivity index (χ0n) is 8.29. The first kappa shape index (κ1) is 11.1. The maximum absolute atomic E-state index is 11.3. The molecule has 0 aromatic heterocycles. The van der Waals surface area contributed by atoms with Crippen LogP contribution >= 0.6 is 11.6 Å². The summed E-state index contributed by atoms with van der Waals surface area (Å²) >= 11 is 5.74. The molecule has 0 aliphatic rings. The lowest BCUT2D eigenvalue weighted by Crippen LogP contribution is -2.10. The highest BCUT2D eigenvalue weighted by Gasteiger charge is 2.07. The van der Waals surface area contributed by atoms with E-state index in [4.69, 9.17) is 16.3 Å². The molecule has 0 amide bonds. The molecule has 0 aliphatic carbocycles. The molecule has 0 aliphatic heterocycles. The summed E-state index contributed by atoms with van der Waals surface area (Å²) in [5.41, 5.74) is 0. The maximum Gasteiger partial charge on any atom is 0.311 e. The van der Waals surface area contributed by atoms with Gasteiger partial charge in [0, 0.05) is 11.4 Å². The van der Waals surface area contributed by atoms with Crippen molar-refractivity contribution in [1.29, 1.82) is 0 Å². The first-order chi connectivity index (χ1) is 6.58. The van der Waals surface area contributed by atoms with E-state index in [0.717, 1.165) is 0 Å². The van der Waals surface area contributed by atoms with Gasteiger partial charge in [0.15, 0.2) is 0 Å². The van der Waals surface area contributed by atoms with E-state index in [1.807, 2.05) is 13.8 Å². The predicted molar refractivity (Wildman–Crippen MR) is 56.5 cm³/mol. The summed E-state index contributed by atoms with van der Waals surface area (Å²) < 4.78 is 5.08. The molecule has 0 saturated heterocycles. The van der Waals surface area contributed by atoms with Gasteiger partial charge in [-0.25, -0.2) is 0 Å². The average molecular weight is 213 g/mol. The Morgan fingerprint density at radius 2 is 2.21 bits per heavy atom. The summed E-state index contributed by atoms with van der Waals surface area (Å²) in [7, 11) is 0. The van der Waals surface area contributed by atoms with Crippen LogP contribution in [0.3, 0.4) is 0 Å². The van der Waals surface area contributed by atoms with Gasteiger partial charge >= 0.3 is 5.97 Å². The van der Waals surface area contributed by atoms with Crippen molar-refractivity contribution >= 4 is 17.6 Å². The smallest absolute Gasteiger partial charge is 0.311 e. The van der Waals surface area contributed by atoms with Crippen LogP contribution in [0.25, 0.3) is 0 Å². The molecule has 1 rings (SSSR count). The highest BCUT2D eigenvalue weighted by Crippen LogP contribution is 2.18. The number of carbonyl (C=O) groups is 1. The second kappa shape index (κ2) is 5.01. The monoisotopic (exact) mass is 212 g/mol. The second-order valence-electron chi connectivity index (χ2n) is 3.53. The third-order valence-corrected chi connectivity index (χ3v) is 1.84. The summed E-state index contributed by atoms with van der Waals surface area (Å²) in [5.74, 6) is 0.590. The molecule has 0 bridgehead atoms. The van der Waals surface area contributed by atoms with Crippen molar-refractivity contribution in [3.8, 4) is 5.75 Å². The Kier molecular flexibility index (Phi) is 3.96. The van der Waals surface area contributed by atoms with Gasteiger partial charge in [-0.1, -0.05) is 31.5 Å². The molecule has 0 unspecified atom stereocenters. The van der Waals surface area contributed by atoms with Crippen molar-refractivity contribution in [3.63, 3.8) is 0 Å². The fraction of sp³-hybridized carbons (Fsp3) is 0.364. The molecule has 0 spiro atoms. The minimum Gasteiger partial charge on any atom is -0.426 e. The minimum atomic E-state index is -0.220. The molecule has 0 saturated carbocycles. The number of ether oxygens (including phenoxy) is 1. The standard InChI is InChI=1S/C11H13ClO2/c1-8(2)6-11(13)14-10-5-3-4-9(12)7-10/h3-5,7-8H,6H2,1-2H3. The van der Waals surface area contributed by atoms with Gasteiger partial charge < -0.3 is 4.74 Å². The summed E-state index contributed by atoms with van der Waals surface area (Å²) in [6.07, 6.45) is 0.423. The van der Waals surface area contributed by atoms with Crippen molar-refractivity contribution < 1.29 is 9.53 Å². The van der Waals surface area contributed by atoms with E-state index in [9.17, 15) is 4.79 Å². The van der Waals surface area contributed by atoms with Gasteiger partial charge in [-0.3, -0.25) is 4.79 Å². The topological polar surface area (TPSA) is 26.3 Å². The molecule has 0 radical (unpaired) electrons. The van der Waals surface area contributed by atoms with Crippen LogP contribution in [-0.4, -0.2) is 5.97 Å². The number of esters is 1. The number of hydrogen-bond donors (Lipinski definition) is 0. The summed E-state index contributed by atoms with van der Waals surface area (Å²) in [4.78, 5) is 11.3. The maximum atomic E-state index is 11.3. The minimum absolute atomic E-state index is 0.220. The summed E-state index contributed by atoms with van der Waals surface area (Å²) in [6.45, 7) is 3.94. The third-order valence-electron chi connectivity index (χ3n) is 1.60. The Labute approximate surface area is 88.8 Å². The van der Waals surface area contributed by atoms with Crippen LogP contribution in [-0.2, 0) is 4.79 Å². The molecule has 2 nitrogen and oxygen atoms in total. The lowest BCUT2D eigenvalue weighted by molar-refractivity contribution is -0.135. The Hall–Kier alpha value is -1.02. The van der Waals surface area contributed by atoms with Gasteiger partial charge in [0.25, 0.3) is 0 Å². The molecule has 1 aromatic rings. The van der Waals surface area contributed by atoms with Crippen molar-refractivity contribution in [2.24, 2.45) is 5.92 Å². The van der Waals surface area contributed by atoms with Crippen molar-refractivity contribution in [3.05, 3.63) is 29.3 Å². The van der Waals surface area contributed by atoms with Crippen molar-refractivity contribution in [2.75, 3.05) is 0 Å². The SMILES string of the molecule is CC(C)CC(=O)Oc1cccc(Cl)c1. The van der Waals surface area contributed by atoms with Gasteiger partial charge in [-0.2, -0.15) is 0 Å². The van der Waals surface area contributed by atoms with Gasteiger partial charge in [-0.15, -0.1) is 0 Å². The van der Waals surface area contributed by atoms with E-state index in [1.165, 1.54) is 0 Å². The molecule has 0 atom stereocenters. The van der Waals surface area contributed by atoms with Gasteiger partial charge in [0.1, 0.15) is 5.75 Å². The first-order valence-electron chi connectivity index (χ1n) is 4.54. The van der Waals surface area contributed by atoms with Crippen LogP contribution in [0.4, 0.5) is 0 Å². The number of carbonyl (C=O) groups excluding carboxylic acids is 1. The molecule has 14 heavy (non-hydrogen) atoms. The normalized spacial score (nSPS) is 10.3. The largest absolute Gasteiger partial charge is 0.426 e. The first-order valence-corrected chi connectivity index (χ1v) is 4.92. The van der Waals surface area contributed by atoms with Crippen LogP contribution in [0.1, 0.15) is 20.3 Å². The Morgan fingerprint density at radius 3 is 2.79 bits per heavy atom. The van der Waals surface area contributed by atoms with Crippen molar-refractivity contribution in [1.82, 2.24) is 0 Å². The molecule has 0 heterocycles. The second-order valence-corrected chi connectivity index (χ2v) is 3.97. The third kappa shape index (κ3) is 3.79. The Morgan fingerprint density at radius 1 is 1.50 bits per heavy atom. The highest BCUT2D eigenvalue weighted by molar-refractivity contribution is 6.30. The molecule has 0 N–H and O–H groups in total. The van der Waals surface area contributed by atoms with Gasteiger partial charge in [0.2, 0.25) is 0 Å². The van der Waals surface area contributed by atoms with E-state index in [0.29, 0.717) is 23.1 Å². The molecule has 76 valence electrons. The number of hydrogen-bond acceptors (Lipinski definition) is 2. The Balaban J connectivity index is 2.56. The quantitative estimate of drug-likeness (QED) is 0.568. The number of rotatable bonds is 3. The van der Waals surface area contributed by atoms with E-state index in [-0.39, 0.29) is 5.97 Å². The summed E-state index contributed by atoms with van der Waals surface area (Å²) in [5, 5.41) is 0.569. The highest BCUT2D eigenvalue weighted by atomic mass is 35.5. The Bertz CT molecular complexity index is 321. The fourth-order valence-corrected chi connectivity index (χ4v) is 1.22. The van der Waals surface area contributed by atoms with Crippen molar-refractivity contribution in [2.45, 2.75) is 20.3 Å². The van der Waals surface area contributed by atoms with Crippen LogP contribution in [0.2, 0.25) is 5.02 Å². The molecular weight excluding hydrogens is 200 g/mol. The van der Waals surface area contributed by atoms with Crippen LogP contribution in [0.15, 0.2) is 24.3 Å². The zero-order valence-corrected chi connectivity index (χ0v) is 9.04. The van der Waals surface area contributed by atoms with Crippen LogP contribution in [0, 0.1) is 5.92 Å². The molecule has 0 fully saturated rings. The lowest BCUT2D eigenvalue weighted by Gasteiger charge is -2.05. The number of halogens is 1. The van der Waals surface area contributed by atoms with Gasteiger partial charge in [0.05, 0.1) is 0 Å².